The first-order valence-electron chi connectivity index (χ1n) is 6.48. The van der Waals surface area contributed by atoms with Crippen LogP contribution < -0.4 is 10.1 Å². The normalized spacial score (nSPS) is 17.3. The molecule has 0 amide bonds. The van der Waals surface area contributed by atoms with Crippen molar-refractivity contribution < 1.29 is 13.9 Å². The first kappa shape index (κ1) is 13.3. The van der Waals surface area contributed by atoms with Gasteiger partial charge >= 0.3 is 0 Å². The molecule has 4 heteroatoms. The molecule has 0 radical (unpaired) electrons. The smallest absolute Gasteiger partial charge is 0.165 e. The Labute approximate surface area is 107 Å². The molecule has 1 atom stereocenters. The molecule has 0 aliphatic carbocycles. The zero-order valence-corrected chi connectivity index (χ0v) is 10.9. The van der Waals surface area contributed by atoms with E-state index >= 15 is 0 Å². The molecule has 1 aromatic rings. The van der Waals surface area contributed by atoms with Crippen molar-refractivity contribution in [3.63, 3.8) is 0 Å². The second-order valence-electron chi connectivity index (χ2n) is 4.61. The third-order valence-corrected chi connectivity index (χ3v) is 3.06. The van der Waals surface area contributed by atoms with Gasteiger partial charge in [0.1, 0.15) is 6.10 Å². The van der Waals surface area contributed by atoms with Crippen molar-refractivity contribution in [1.29, 1.82) is 0 Å². The maximum atomic E-state index is 13.9. The first-order chi connectivity index (χ1) is 8.72. The molecule has 1 aromatic carbocycles. The van der Waals surface area contributed by atoms with Crippen molar-refractivity contribution in [2.45, 2.75) is 32.4 Å². The van der Waals surface area contributed by atoms with E-state index in [1.807, 2.05) is 13.0 Å². The molecule has 0 aromatic heterocycles. The molecule has 2 rings (SSSR count). The average molecular weight is 253 g/mol. The summed E-state index contributed by atoms with van der Waals surface area (Å²) in [6.07, 6.45) is 1.03. The minimum absolute atomic E-state index is 0.0148. The van der Waals surface area contributed by atoms with Crippen LogP contribution in [0, 0.1) is 5.82 Å². The molecule has 1 heterocycles. The maximum Gasteiger partial charge on any atom is 0.165 e. The minimum atomic E-state index is -0.301. The van der Waals surface area contributed by atoms with Crippen molar-refractivity contribution in [2.24, 2.45) is 0 Å². The van der Waals surface area contributed by atoms with Crippen molar-refractivity contribution >= 4 is 0 Å². The molecular weight excluding hydrogens is 233 g/mol. The summed E-state index contributed by atoms with van der Waals surface area (Å²) >= 11 is 0. The van der Waals surface area contributed by atoms with Gasteiger partial charge in [0.15, 0.2) is 11.6 Å². The molecule has 1 unspecified atom stereocenters. The van der Waals surface area contributed by atoms with E-state index < -0.39 is 0 Å². The van der Waals surface area contributed by atoms with E-state index in [-0.39, 0.29) is 18.0 Å². The van der Waals surface area contributed by atoms with Gasteiger partial charge in [-0.2, -0.15) is 0 Å². The Balaban J connectivity index is 2.13. The zero-order valence-electron chi connectivity index (χ0n) is 10.9. The van der Waals surface area contributed by atoms with Crippen LogP contribution in [0.3, 0.4) is 0 Å². The highest BCUT2D eigenvalue weighted by Crippen LogP contribution is 2.30. The second-order valence-corrected chi connectivity index (χ2v) is 4.61. The number of halogens is 1. The van der Waals surface area contributed by atoms with Gasteiger partial charge in [-0.25, -0.2) is 4.39 Å². The molecule has 18 heavy (non-hydrogen) atoms. The van der Waals surface area contributed by atoms with Gasteiger partial charge in [-0.1, -0.05) is 19.1 Å². The Hall–Kier alpha value is -1.13. The molecule has 1 aliphatic rings. The van der Waals surface area contributed by atoms with Gasteiger partial charge in [0, 0.05) is 11.6 Å². The van der Waals surface area contributed by atoms with Crippen LogP contribution in [0.5, 0.6) is 5.75 Å². The topological polar surface area (TPSA) is 30.5 Å². The molecule has 1 N–H and O–H groups in total. The third kappa shape index (κ3) is 3.00. The fourth-order valence-electron chi connectivity index (χ4n) is 1.91. The summed E-state index contributed by atoms with van der Waals surface area (Å²) in [6.45, 7) is 6.13. The summed E-state index contributed by atoms with van der Waals surface area (Å²) in [6, 6.07) is 5.14. The van der Waals surface area contributed by atoms with Crippen molar-refractivity contribution in [2.75, 3.05) is 19.8 Å². The summed E-state index contributed by atoms with van der Waals surface area (Å²) in [5.41, 5.74) is 0.871. The molecule has 0 bridgehead atoms. The van der Waals surface area contributed by atoms with Crippen LogP contribution in [0.2, 0.25) is 0 Å². The Morgan fingerprint density at radius 2 is 2.28 bits per heavy atom. The van der Waals surface area contributed by atoms with Crippen LogP contribution in [-0.4, -0.2) is 25.9 Å². The fourth-order valence-corrected chi connectivity index (χ4v) is 1.91. The largest absolute Gasteiger partial charge is 0.482 e. The zero-order chi connectivity index (χ0) is 13.0. The van der Waals surface area contributed by atoms with E-state index in [1.165, 1.54) is 6.07 Å². The second kappa shape index (κ2) is 6.16. The highest BCUT2D eigenvalue weighted by atomic mass is 19.1. The lowest BCUT2D eigenvalue weighted by molar-refractivity contribution is -0.0813. The number of nitrogens with one attached hydrogen (secondary N) is 1. The maximum absolute atomic E-state index is 13.9. The van der Waals surface area contributed by atoms with Crippen LogP contribution in [0.25, 0.3) is 0 Å². The van der Waals surface area contributed by atoms with Crippen molar-refractivity contribution in [3.8, 4) is 5.75 Å². The SMILES string of the molecule is CCCNC(C)c1cccc(F)c1OC1COC1. The van der Waals surface area contributed by atoms with Crippen molar-refractivity contribution in [1.82, 2.24) is 5.32 Å². The third-order valence-electron chi connectivity index (χ3n) is 3.06. The summed E-state index contributed by atoms with van der Waals surface area (Å²) in [7, 11) is 0. The summed E-state index contributed by atoms with van der Waals surface area (Å²) < 4.78 is 24.6. The highest BCUT2D eigenvalue weighted by Gasteiger charge is 2.24. The molecule has 1 aliphatic heterocycles. The van der Waals surface area contributed by atoms with Crippen LogP contribution in [0.15, 0.2) is 18.2 Å². The number of ether oxygens (including phenoxy) is 2. The lowest BCUT2D eigenvalue weighted by Gasteiger charge is -2.29. The molecule has 1 saturated heterocycles. The fraction of sp³-hybridized carbons (Fsp3) is 0.571. The first-order valence-corrected chi connectivity index (χ1v) is 6.48. The summed E-state index contributed by atoms with van der Waals surface area (Å²) in [5.74, 6) is 0.0615. The molecule has 1 fully saturated rings. The van der Waals surface area contributed by atoms with E-state index in [4.69, 9.17) is 9.47 Å². The predicted octanol–water partition coefficient (Wildman–Crippen LogP) is 2.66. The van der Waals surface area contributed by atoms with E-state index in [1.54, 1.807) is 6.07 Å². The monoisotopic (exact) mass is 253 g/mol. The number of benzene rings is 1. The van der Waals surface area contributed by atoms with Gasteiger partial charge < -0.3 is 14.8 Å². The average Bonchev–Trinajstić information content (AvgIpc) is 2.32. The summed E-state index contributed by atoms with van der Waals surface area (Å²) in [4.78, 5) is 0. The minimum Gasteiger partial charge on any atom is -0.482 e. The number of hydrogen-bond acceptors (Lipinski definition) is 3. The molecule has 100 valence electrons. The van der Waals surface area contributed by atoms with Gasteiger partial charge in [0.25, 0.3) is 0 Å². The van der Waals surface area contributed by atoms with Crippen LogP contribution >= 0.6 is 0 Å². The Morgan fingerprint density at radius 3 is 2.89 bits per heavy atom. The number of hydrogen-bond donors (Lipinski definition) is 1. The molecule has 0 saturated carbocycles. The highest BCUT2D eigenvalue weighted by molar-refractivity contribution is 5.37. The Kier molecular flexibility index (Phi) is 4.55. The lowest BCUT2D eigenvalue weighted by Crippen LogP contribution is -2.39. The van der Waals surface area contributed by atoms with E-state index in [9.17, 15) is 4.39 Å². The van der Waals surface area contributed by atoms with Gasteiger partial charge in [0.05, 0.1) is 13.2 Å². The van der Waals surface area contributed by atoms with Crippen LogP contribution in [0.4, 0.5) is 4.39 Å². The quantitative estimate of drug-likeness (QED) is 0.845. The number of para-hydroxylation sites is 1. The van der Waals surface area contributed by atoms with E-state index in [0.717, 1.165) is 18.5 Å². The number of rotatable bonds is 6. The van der Waals surface area contributed by atoms with Gasteiger partial charge in [-0.3, -0.25) is 0 Å². The van der Waals surface area contributed by atoms with Crippen molar-refractivity contribution in [3.05, 3.63) is 29.6 Å². The van der Waals surface area contributed by atoms with Gasteiger partial charge in [0.2, 0.25) is 0 Å². The van der Waals surface area contributed by atoms with E-state index in [0.29, 0.717) is 19.0 Å². The van der Waals surface area contributed by atoms with Gasteiger partial charge in [-0.05, 0) is 26.0 Å². The van der Waals surface area contributed by atoms with E-state index in [2.05, 4.69) is 12.2 Å². The Bertz CT molecular complexity index is 393. The van der Waals surface area contributed by atoms with Crippen LogP contribution in [0.1, 0.15) is 31.9 Å². The molecule has 3 nitrogen and oxygen atoms in total. The molecule has 0 spiro atoms. The summed E-state index contributed by atoms with van der Waals surface area (Å²) in [5, 5.41) is 3.35. The lowest BCUT2D eigenvalue weighted by atomic mass is 10.1. The Morgan fingerprint density at radius 1 is 1.50 bits per heavy atom. The molecular formula is C14H20FNO2. The standard InChI is InChI=1S/C14H20FNO2/c1-3-7-16-10(2)12-5-4-6-13(15)14(12)18-11-8-17-9-11/h4-6,10-11,16H,3,7-9H2,1-2H3. The predicted molar refractivity (Wildman–Crippen MR) is 68.3 cm³/mol. The van der Waals surface area contributed by atoms with Crippen LogP contribution in [-0.2, 0) is 4.74 Å². The van der Waals surface area contributed by atoms with Gasteiger partial charge in [-0.15, -0.1) is 0 Å².